The quantitative estimate of drug-likeness (QED) is 0.538. The van der Waals surface area contributed by atoms with Crippen LogP contribution in [-0.2, 0) is 27.8 Å². The number of nitrogens with one attached hydrogen (secondary N) is 1. The first kappa shape index (κ1) is 23.0. The summed E-state index contributed by atoms with van der Waals surface area (Å²) in [6.45, 7) is 7.67. The molecular formula is C23H28N4O6S. The van der Waals surface area contributed by atoms with Crippen LogP contribution in [0.15, 0.2) is 43.3 Å². The summed E-state index contributed by atoms with van der Waals surface area (Å²) in [4.78, 5) is 26.8. The van der Waals surface area contributed by atoms with Crippen LogP contribution in [0.4, 0.5) is 0 Å². The lowest BCUT2D eigenvalue weighted by Crippen LogP contribution is -2.50. The highest BCUT2D eigenvalue weighted by Gasteiger charge is 2.41. The highest BCUT2D eigenvalue weighted by Crippen LogP contribution is 2.36. The number of nitrogens with zero attached hydrogens (tertiary/aromatic N) is 3. The zero-order valence-electron chi connectivity index (χ0n) is 19.6. The fraction of sp³-hybridized carbons (Fsp3) is 0.522. The topological polar surface area (TPSA) is 125 Å². The molecule has 0 bridgehead atoms. The second-order valence-corrected chi connectivity index (χ2v) is 12.0. The van der Waals surface area contributed by atoms with Gasteiger partial charge < -0.3 is 9.26 Å². The van der Waals surface area contributed by atoms with E-state index in [4.69, 9.17) is 9.26 Å². The average Bonchev–Trinajstić information content (AvgIpc) is 3.30. The van der Waals surface area contributed by atoms with Gasteiger partial charge in [-0.3, -0.25) is 13.9 Å². The van der Waals surface area contributed by atoms with Crippen molar-refractivity contribution >= 4 is 20.9 Å². The van der Waals surface area contributed by atoms with Crippen molar-refractivity contribution in [2.45, 2.75) is 82.2 Å². The molecule has 3 heterocycles. The van der Waals surface area contributed by atoms with Crippen LogP contribution in [-0.4, -0.2) is 40.0 Å². The van der Waals surface area contributed by atoms with Crippen LogP contribution in [0.5, 0.6) is 0 Å². The van der Waals surface area contributed by atoms with Gasteiger partial charge in [0.1, 0.15) is 0 Å². The molecule has 1 aromatic carbocycles. The maximum Gasteiger partial charge on any atom is 0.331 e. The van der Waals surface area contributed by atoms with Crippen LogP contribution >= 0.6 is 0 Å². The number of hydrogen-bond acceptors (Lipinski definition) is 7. The third-order valence-electron chi connectivity index (χ3n) is 6.47. The van der Waals surface area contributed by atoms with E-state index in [9.17, 15) is 18.0 Å². The summed E-state index contributed by atoms with van der Waals surface area (Å²) in [6.07, 6.45) is 2.10. The van der Waals surface area contributed by atoms with E-state index in [0.29, 0.717) is 17.0 Å². The smallest absolute Gasteiger partial charge is 0.331 e. The molecule has 0 spiro atoms. The zero-order valence-corrected chi connectivity index (χ0v) is 20.4. The molecule has 1 unspecified atom stereocenters. The predicted octanol–water partition coefficient (Wildman–Crippen LogP) is 1.91. The van der Waals surface area contributed by atoms with Gasteiger partial charge in [-0.05, 0) is 58.7 Å². The lowest BCUT2D eigenvalue weighted by Gasteiger charge is -2.43. The van der Waals surface area contributed by atoms with Crippen molar-refractivity contribution in [3.05, 3.63) is 56.6 Å². The van der Waals surface area contributed by atoms with Crippen molar-refractivity contribution in [2.75, 3.05) is 0 Å². The Morgan fingerprint density at radius 3 is 2.44 bits per heavy atom. The van der Waals surface area contributed by atoms with E-state index in [-0.39, 0.29) is 35.1 Å². The second-order valence-electron chi connectivity index (χ2n) is 10.3. The zero-order chi connectivity index (χ0) is 24.5. The third-order valence-corrected chi connectivity index (χ3v) is 8.11. The fourth-order valence-electron chi connectivity index (χ4n) is 4.50. The van der Waals surface area contributed by atoms with Gasteiger partial charge in [-0.25, -0.2) is 17.9 Å². The molecule has 1 saturated heterocycles. The van der Waals surface area contributed by atoms with Crippen LogP contribution in [0.2, 0.25) is 0 Å². The Morgan fingerprint density at radius 2 is 1.85 bits per heavy atom. The van der Waals surface area contributed by atoms with Gasteiger partial charge in [0.05, 0.1) is 46.3 Å². The Hall–Kier alpha value is -2.76. The van der Waals surface area contributed by atoms with Crippen molar-refractivity contribution in [1.82, 2.24) is 19.0 Å². The SMILES string of the molecule is Cc1cc(Cn2c(=O)c3cc(S(=O)(=O)NC4(C)CC4)ccc3n(CC3CC(C)(C)O3)c2=O)on1. The van der Waals surface area contributed by atoms with Crippen molar-refractivity contribution in [2.24, 2.45) is 0 Å². The summed E-state index contributed by atoms with van der Waals surface area (Å²) >= 11 is 0. The number of benzene rings is 1. The average molecular weight is 489 g/mol. The molecule has 34 heavy (non-hydrogen) atoms. The minimum Gasteiger partial charge on any atom is -0.370 e. The molecule has 1 aliphatic heterocycles. The number of aryl methyl sites for hydroxylation is 1. The van der Waals surface area contributed by atoms with E-state index in [0.717, 1.165) is 23.8 Å². The van der Waals surface area contributed by atoms with Gasteiger partial charge in [0.25, 0.3) is 5.56 Å². The molecule has 1 atom stereocenters. The standard InChI is InChI=1S/C23H28N4O6S/c1-14-9-15(33-24-14)12-27-20(28)18-10-17(34(30,31)25-23(4)7-8-23)5-6-19(18)26(21(27)29)13-16-11-22(2,3)32-16/h5-6,9-10,16,25H,7-8,11-13H2,1-4H3. The Morgan fingerprint density at radius 1 is 1.15 bits per heavy atom. The molecule has 0 amide bonds. The van der Waals surface area contributed by atoms with Crippen LogP contribution in [0.1, 0.15) is 51.5 Å². The van der Waals surface area contributed by atoms with Crippen molar-refractivity contribution in [1.29, 1.82) is 0 Å². The number of sulfonamides is 1. The van der Waals surface area contributed by atoms with E-state index in [1.54, 1.807) is 13.0 Å². The van der Waals surface area contributed by atoms with Crippen molar-refractivity contribution < 1.29 is 17.7 Å². The van der Waals surface area contributed by atoms with E-state index >= 15 is 0 Å². The van der Waals surface area contributed by atoms with Crippen molar-refractivity contribution in [3.63, 3.8) is 0 Å². The van der Waals surface area contributed by atoms with Gasteiger partial charge in [-0.2, -0.15) is 0 Å². The summed E-state index contributed by atoms with van der Waals surface area (Å²) in [7, 11) is -3.83. The molecule has 10 nitrogen and oxygen atoms in total. The molecule has 5 rings (SSSR count). The molecule has 182 valence electrons. The number of hydrogen-bond donors (Lipinski definition) is 1. The Labute approximate surface area is 196 Å². The lowest BCUT2D eigenvalue weighted by atomic mass is 9.93. The molecule has 1 aliphatic carbocycles. The minimum absolute atomic E-state index is 0.0153. The van der Waals surface area contributed by atoms with E-state index in [1.165, 1.54) is 22.8 Å². The molecule has 0 radical (unpaired) electrons. The summed E-state index contributed by atoms with van der Waals surface area (Å²) in [5.41, 5.74) is -0.825. The normalized spacial score (nSPS) is 20.9. The molecular weight excluding hydrogens is 460 g/mol. The summed E-state index contributed by atoms with van der Waals surface area (Å²) in [6, 6.07) is 5.95. The van der Waals surface area contributed by atoms with Crippen molar-refractivity contribution in [3.8, 4) is 0 Å². The summed E-state index contributed by atoms with van der Waals surface area (Å²) in [5, 5.41) is 3.96. The monoisotopic (exact) mass is 488 g/mol. The molecule has 1 saturated carbocycles. The predicted molar refractivity (Wildman–Crippen MR) is 124 cm³/mol. The van der Waals surface area contributed by atoms with Gasteiger partial charge in [0.2, 0.25) is 10.0 Å². The highest BCUT2D eigenvalue weighted by atomic mass is 32.2. The Balaban J connectivity index is 1.64. The molecule has 2 aromatic heterocycles. The molecule has 3 aromatic rings. The van der Waals surface area contributed by atoms with Gasteiger partial charge in [0.15, 0.2) is 5.76 Å². The molecule has 2 fully saturated rings. The number of aromatic nitrogens is 3. The first-order chi connectivity index (χ1) is 15.9. The highest BCUT2D eigenvalue weighted by molar-refractivity contribution is 7.89. The van der Waals surface area contributed by atoms with Gasteiger partial charge >= 0.3 is 5.69 Å². The largest absolute Gasteiger partial charge is 0.370 e. The van der Waals surface area contributed by atoms with E-state index in [2.05, 4.69) is 9.88 Å². The van der Waals surface area contributed by atoms with Crippen LogP contribution < -0.4 is 16.0 Å². The molecule has 1 N–H and O–H groups in total. The lowest BCUT2D eigenvalue weighted by molar-refractivity contribution is -0.189. The fourth-order valence-corrected chi connectivity index (χ4v) is 5.99. The Bertz CT molecular complexity index is 1500. The first-order valence-corrected chi connectivity index (χ1v) is 12.8. The van der Waals surface area contributed by atoms with Crippen LogP contribution in [0, 0.1) is 6.92 Å². The van der Waals surface area contributed by atoms with Gasteiger partial charge in [0, 0.05) is 18.0 Å². The maximum absolute atomic E-state index is 13.4. The van der Waals surface area contributed by atoms with Gasteiger partial charge in [-0.15, -0.1) is 0 Å². The van der Waals surface area contributed by atoms with Gasteiger partial charge in [-0.1, -0.05) is 5.16 Å². The minimum atomic E-state index is -3.83. The summed E-state index contributed by atoms with van der Waals surface area (Å²) < 4.78 is 42.2. The number of fused-ring (bicyclic) bond motifs is 1. The Kier molecular flexibility index (Phi) is 5.16. The number of ether oxygens (including phenoxy) is 1. The molecule has 2 aliphatic rings. The van der Waals surface area contributed by atoms with Crippen LogP contribution in [0.25, 0.3) is 10.9 Å². The van der Waals surface area contributed by atoms with Crippen LogP contribution in [0.3, 0.4) is 0 Å². The second kappa shape index (κ2) is 7.62. The molecule has 11 heteroatoms. The van der Waals surface area contributed by atoms with E-state index < -0.39 is 26.8 Å². The van der Waals surface area contributed by atoms with E-state index in [1.807, 2.05) is 20.8 Å². The number of rotatable bonds is 7. The maximum atomic E-state index is 13.4. The summed E-state index contributed by atoms with van der Waals surface area (Å²) in [5.74, 6) is 0.357. The third kappa shape index (κ3) is 4.23. The first-order valence-electron chi connectivity index (χ1n) is 11.3.